The second kappa shape index (κ2) is 7.40. The van der Waals surface area contributed by atoms with Crippen molar-refractivity contribution >= 4 is 0 Å². The predicted molar refractivity (Wildman–Crippen MR) is 90.6 cm³/mol. The summed E-state index contributed by atoms with van der Waals surface area (Å²) >= 11 is 0. The van der Waals surface area contributed by atoms with Crippen molar-refractivity contribution in [2.24, 2.45) is 17.1 Å². The topological polar surface area (TPSA) is 41.7 Å². The third-order valence-electron chi connectivity index (χ3n) is 5.00. The van der Waals surface area contributed by atoms with E-state index in [1.165, 1.54) is 0 Å². The Morgan fingerprint density at radius 2 is 1.86 bits per heavy atom. The van der Waals surface area contributed by atoms with E-state index in [4.69, 9.17) is 10.5 Å². The van der Waals surface area contributed by atoms with Crippen LogP contribution in [0.3, 0.4) is 0 Å². The molecule has 1 aliphatic carbocycles. The van der Waals surface area contributed by atoms with Gasteiger partial charge in [-0.15, -0.1) is 0 Å². The molecule has 0 bridgehead atoms. The fourth-order valence-corrected chi connectivity index (χ4v) is 3.27. The second-order valence-electron chi connectivity index (χ2n) is 7.96. The van der Waals surface area contributed by atoms with E-state index in [9.17, 15) is 0 Å². The van der Waals surface area contributed by atoms with Crippen molar-refractivity contribution < 1.29 is 4.74 Å². The van der Waals surface area contributed by atoms with E-state index in [1.807, 2.05) is 0 Å². The summed E-state index contributed by atoms with van der Waals surface area (Å²) < 4.78 is 5.84. The third kappa shape index (κ3) is 4.65. The van der Waals surface area contributed by atoms with Crippen LogP contribution >= 0.6 is 0 Å². The van der Waals surface area contributed by atoms with Gasteiger partial charge in [0, 0.05) is 43.7 Å². The van der Waals surface area contributed by atoms with Gasteiger partial charge in [-0.1, -0.05) is 27.7 Å². The number of hydrogen-bond acceptors (Lipinski definition) is 4. The van der Waals surface area contributed by atoms with E-state index in [2.05, 4.69) is 58.5 Å². The summed E-state index contributed by atoms with van der Waals surface area (Å²) in [7, 11) is 4.26. The SMILES string of the molecule is CCOC1CC(N)(CN(CCN(C)C)CC(C)C)C1(C)C. The molecule has 0 aromatic carbocycles. The van der Waals surface area contributed by atoms with Crippen LogP contribution in [-0.2, 0) is 4.74 Å². The van der Waals surface area contributed by atoms with Crippen LogP contribution in [0.2, 0.25) is 0 Å². The summed E-state index contributed by atoms with van der Waals surface area (Å²) in [6.07, 6.45) is 1.28. The van der Waals surface area contributed by atoms with E-state index in [0.29, 0.717) is 12.0 Å². The zero-order valence-corrected chi connectivity index (χ0v) is 15.3. The van der Waals surface area contributed by atoms with Gasteiger partial charge in [0.15, 0.2) is 0 Å². The van der Waals surface area contributed by atoms with E-state index in [-0.39, 0.29) is 11.0 Å². The molecule has 0 aromatic rings. The molecule has 0 saturated heterocycles. The van der Waals surface area contributed by atoms with Gasteiger partial charge in [0.05, 0.1) is 6.10 Å². The summed E-state index contributed by atoms with van der Waals surface area (Å²) in [6.45, 7) is 16.2. The number of rotatable bonds is 9. The van der Waals surface area contributed by atoms with Crippen LogP contribution in [-0.4, -0.2) is 68.3 Å². The highest BCUT2D eigenvalue weighted by molar-refractivity contribution is 5.14. The number of hydrogen-bond donors (Lipinski definition) is 1. The Morgan fingerprint density at radius 3 is 2.29 bits per heavy atom. The first-order valence-electron chi connectivity index (χ1n) is 8.40. The fraction of sp³-hybridized carbons (Fsp3) is 1.00. The van der Waals surface area contributed by atoms with Crippen molar-refractivity contribution in [1.29, 1.82) is 0 Å². The van der Waals surface area contributed by atoms with E-state index in [0.717, 1.165) is 39.2 Å². The van der Waals surface area contributed by atoms with Crippen molar-refractivity contribution in [2.75, 3.05) is 46.9 Å². The smallest absolute Gasteiger partial charge is 0.0662 e. The first-order chi connectivity index (χ1) is 9.62. The maximum absolute atomic E-state index is 6.75. The number of nitrogens with two attached hydrogens (primary N) is 1. The molecule has 4 nitrogen and oxygen atoms in total. The highest BCUT2D eigenvalue weighted by Crippen LogP contribution is 2.50. The summed E-state index contributed by atoms with van der Waals surface area (Å²) in [5.74, 6) is 0.668. The van der Waals surface area contributed by atoms with E-state index in [1.54, 1.807) is 0 Å². The summed E-state index contributed by atoms with van der Waals surface area (Å²) in [5.41, 5.74) is 6.67. The monoisotopic (exact) mass is 299 g/mol. The van der Waals surface area contributed by atoms with Crippen LogP contribution in [0.15, 0.2) is 0 Å². The lowest BCUT2D eigenvalue weighted by Gasteiger charge is -2.60. The minimum absolute atomic E-state index is 0.0519. The lowest BCUT2D eigenvalue weighted by Crippen LogP contribution is -2.73. The van der Waals surface area contributed by atoms with Crippen molar-refractivity contribution in [2.45, 2.75) is 52.7 Å². The second-order valence-corrected chi connectivity index (χ2v) is 7.96. The lowest BCUT2D eigenvalue weighted by atomic mass is 9.54. The molecule has 4 heteroatoms. The molecule has 2 atom stereocenters. The zero-order chi connectivity index (χ0) is 16.3. The largest absolute Gasteiger partial charge is 0.378 e. The standard InChI is InChI=1S/C17H37N3O/c1-8-21-15-11-17(18,16(15,4)5)13-20(12-14(2)3)10-9-19(6)7/h14-15H,8-13,18H2,1-7H3. The van der Waals surface area contributed by atoms with Crippen LogP contribution in [0.4, 0.5) is 0 Å². The van der Waals surface area contributed by atoms with Crippen LogP contribution < -0.4 is 5.73 Å². The molecule has 21 heavy (non-hydrogen) atoms. The molecule has 0 heterocycles. The van der Waals surface area contributed by atoms with Gasteiger partial charge in [-0.2, -0.15) is 0 Å². The van der Waals surface area contributed by atoms with Crippen molar-refractivity contribution in [1.82, 2.24) is 9.80 Å². The average Bonchev–Trinajstić information content (AvgIpc) is 2.35. The molecule has 0 radical (unpaired) electrons. The molecule has 0 amide bonds. The summed E-state index contributed by atoms with van der Waals surface area (Å²) in [5, 5.41) is 0. The first-order valence-corrected chi connectivity index (χ1v) is 8.40. The fourth-order valence-electron chi connectivity index (χ4n) is 3.27. The Hall–Kier alpha value is -0.160. The molecular weight excluding hydrogens is 262 g/mol. The summed E-state index contributed by atoms with van der Waals surface area (Å²) in [4.78, 5) is 4.78. The maximum atomic E-state index is 6.75. The Morgan fingerprint density at radius 1 is 1.24 bits per heavy atom. The average molecular weight is 300 g/mol. The minimum Gasteiger partial charge on any atom is -0.378 e. The van der Waals surface area contributed by atoms with Gasteiger partial charge < -0.3 is 15.4 Å². The predicted octanol–water partition coefficient (Wildman–Crippen LogP) is 2.04. The third-order valence-corrected chi connectivity index (χ3v) is 5.00. The van der Waals surface area contributed by atoms with Crippen molar-refractivity contribution in [3.8, 4) is 0 Å². The molecule has 2 unspecified atom stereocenters. The molecule has 126 valence electrons. The van der Waals surface area contributed by atoms with Gasteiger partial charge in [-0.3, -0.25) is 4.90 Å². The van der Waals surface area contributed by atoms with Gasteiger partial charge in [-0.25, -0.2) is 0 Å². The van der Waals surface area contributed by atoms with Crippen LogP contribution in [0.1, 0.15) is 41.0 Å². The molecule has 0 aromatic heterocycles. The molecule has 1 fully saturated rings. The Labute approximate surface area is 132 Å². The molecule has 2 N–H and O–H groups in total. The number of nitrogens with zero attached hydrogens (tertiary/aromatic N) is 2. The lowest BCUT2D eigenvalue weighted by molar-refractivity contribution is -0.156. The molecule has 1 rings (SSSR count). The van der Waals surface area contributed by atoms with Gasteiger partial charge in [0.2, 0.25) is 0 Å². The Kier molecular flexibility index (Phi) is 6.66. The first kappa shape index (κ1) is 18.9. The molecule has 1 aliphatic rings. The number of ether oxygens (including phenoxy) is 1. The van der Waals surface area contributed by atoms with Crippen LogP contribution in [0.5, 0.6) is 0 Å². The van der Waals surface area contributed by atoms with Gasteiger partial charge in [0.1, 0.15) is 0 Å². The number of likely N-dealkylation sites (N-methyl/N-ethyl adjacent to an activating group) is 1. The van der Waals surface area contributed by atoms with Crippen molar-refractivity contribution in [3.05, 3.63) is 0 Å². The Bertz CT molecular complexity index is 317. The normalized spacial score (nSPS) is 28.4. The van der Waals surface area contributed by atoms with Crippen molar-refractivity contribution in [3.63, 3.8) is 0 Å². The maximum Gasteiger partial charge on any atom is 0.0662 e. The Balaban J connectivity index is 2.65. The highest BCUT2D eigenvalue weighted by Gasteiger charge is 2.58. The minimum atomic E-state index is -0.131. The highest BCUT2D eigenvalue weighted by atomic mass is 16.5. The van der Waals surface area contributed by atoms with Gasteiger partial charge in [0.25, 0.3) is 0 Å². The van der Waals surface area contributed by atoms with Crippen LogP contribution in [0.25, 0.3) is 0 Å². The zero-order valence-electron chi connectivity index (χ0n) is 15.3. The van der Waals surface area contributed by atoms with Crippen LogP contribution in [0, 0.1) is 11.3 Å². The van der Waals surface area contributed by atoms with Gasteiger partial charge >= 0.3 is 0 Å². The molecule has 1 saturated carbocycles. The quantitative estimate of drug-likeness (QED) is 0.707. The van der Waals surface area contributed by atoms with E-state index >= 15 is 0 Å². The van der Waals surface area contributed by atoms with Gasteiger partial charge in [-0.05, 0) is 33.4 Å². The summed E-state index contributed by atoms with van der Waals surface area (Å²) in [6, 6.07) is 0. The molecule has 0 spiro atoms. The van der Waals surface area contributed by atoms with E-state index < -0.39 is 0 Å². The molecule has 0 aliphatic heterocycles. The molecular formula is C17H37N3O.